The number of carbonyl (C=O) groups is 1. The van der Waals surface area contributed by atoms with E-state index < -0.39 is 0 Å². The minimum Gasteiger partial charge on any atom is -0.347 e. The first-order valence-corrected chi connectivity index (χ1v) is 6.53. The number of hydrogen-bond donors (Lipinski definition) is 1. The predicted octanol–water partition coefficient (Wildman–Crippen LogP) is 3.38. The van der Waals surface area contributed by atoms with Crippen LogP contribution in [-0.4, -0.2) is 11.4 Å². The third-order valence-corrected chi connectivity index (χ3v) is 5.01. The van der Waals surface area contributed by atoms with Gasteiger partial charge in [0, 0.05) is 10.0 Å². The van der Waals surface area contributed by atoms with Gasteiger partial charge in [0.2, 0.25) is 0 Å². The topological polar surface area (TPSA) is 29.1 Å². The van der Waals surface area contributed by atoms with Crippen molar-refractivity contribution in [1.29, 1.82) is 0 Å². The van der Waals surface area contributed by atoms with Crippen molar-refractivity contribution in [3.05, 3.63) is 33.3 Å². The molecule has 2 bridgehead atoms. The third-order valence-electron chi connectivity index (χ3n) is 3.61. The Hall–Kier alpha value is -0.540. The van der Waals surface area contributed by atoms with Gasteiger partial charge in [0.05, 0.1) is 10.6 Å². The van der Waals surface area contributed by atoms with E-state index in [1.165, 1.54) is 0 Å². The monoisotopic (exact) mass is 299 g/mol. The molecule has 3 aliphatic carbocycles. The Balaban J connectivity index is 1.80. The van der Waals surface area contributed by atoms with Crippen LogP contribution in [0.4, 0.5) is 0 Å². The van der Waals surface area contributed by atoms with Crippen molar-refractivity contribution in [3.8, 4) is 0 Å². The van der Waals surface area contributed by atoms with E-state index in [9.17, 15) is 4.79 Å². The number of rotatable bonds is 2. The molecule has 0 atom stereocenters. The molecule has 4 rings (SSSR count). The number of benzene rings is 1. The maximum atomic E-state index is 12.1. The van der Waals surface area contributed by atoms with Crippen molar-refractivity contribution in [1.82, 2.24) is 5.32 Å². The fourth-order valence-electron chi connectivity index (χ4n) is 2.62. The van der Waals surface area contributed by atoms with Gasteiger partial charge in [-0.05, 0) is 53.2 Å². The second-order valence-electron chi connectivity index (χ2n) is 4.81. The van der Waals surface area contributed by atoms with Gasteiger partial charge in [0.25, 0.3) is 5.91 Å². The molecule has 0 saturated heterocycles. The van der Waals surface area contributed by atoms with E-state index >= 15 is 0 Å². The van der Waals surface area contributed by atoms with Gasteiger partial charge in [-0.2, -0.15) is 0 Å². The Kier molecular flexibility index (Phi) is 2.30. The zero-order chi connectivity index (χ0) is 11.3. The Morgan fingerprint density at radius 2 is 2.12 bits per heavy atom. The minimum atomic E-state index is -0.0208. The van der Waals surface area contributed by atoms with Gasteiger partial charge < -0.3 is 5.32 Å². The van der Waals surface area contributed by atoms with Crippen molar-refractivity contribution < 1.29 is 4.79 Å². The molecule has 1 aromatic rings. The first kappa shape index (κ1) is 10.6. The summed E-state index contributed by atoms with van der Waals surface area (Å²) in [5.74, 6) is 0.843. The lowest BCUT2D eigenvalue weighted by molar-refractivity contribution is -0.0438. The molecule has 0 spiro atoms. The van der Waals surface area contributed by atoms with Gasteiger partial charge in [-0.25, -0.2) is 0 Å². The molecule has 0 aliphatic heterocycles. The lowest BCUT2D eigenvalue weighted by atomic mass is 9.50. The first-order valence-electron chi connectivity index (χ1n) is 5.36. The van der Waals surface area contributed by atoms with E-state index in [4.69, 9.17) is 11.6 Å². The molecule has 2 nitrogen and oxygen atoms in total. The molecule has 4 heteroatoms. The molecule has 0 radical (unpaired) electrons. The summed E-state index contributed by atoms with van der Waals surface area (Å²) in [5, 5.41) is 3.69. The smallest absolute Gasteiger partial charge is 0.252 e. The highest BCUT2D eigenvalue weighted by Crippen LogP contribution is 2.57. The normalized spacial score (nSPS) is 30.2. The molecule has 3 aliphatic rings. The molecule has 84 valence electrons. The van der Waals surface area contributed by atoms with E-state index in [0.717, 1.165) is 25.2 Å². The van der Waals surface area contributed by atoms with E-state index in [1.54, 1.807) is 18.2 Å². The Labute approximate surface area is 107 Å². The summed E-state index contributed by atoms with van der Waals surface area (Å²) < 4.78 is 0.681. The molecule has 16 heavy (non-hydrogen) atoms. The van der Waals surface area contributed by atoms with Crippen LogP contribution in [0.3, 0.4) is 0 Å². The highest BCUT2D eigenvalue weighted by atomic mass is 79.9. The summed E-state index contributed by atoms with van der Waals surface area (Å²) in [7, 11) is 0. The first-order chi connectivity index (χ1) is 7.60. The molecule has 1 N–H and O–H groups in total. The molecular weight excluding hydrogens is 289 g/mol. The summed E-state index contributed by atoms with van der Waals surface area (Å²) in [6.45, 7) is 0. The van der Waals surface area contributed by atoms with Crippen LogP contribution in [0.15, 0.2) is 22.7 Å². The van der Waals surface area contributed by atoms with E-state index in [-0.39, 0.29) is 11.4 Å². The summed E-state index contributed by atoms with van der Waals surface area (Å²) >= 11 is 9.31. The van der Waals surface area contributed by atoms with Crippen LogP contribution >= 0.6 is 27.5 Å². The van der Waals surface area contributed by atoms with Crippen molar-refractivity contribution in [2.24, 2.45) is 5.92 Å². The second kappa shape index (κ2) is 3.47. The average Bonchev–Trinajstić information content (AvgIpc) is 2.13. The van der Waals surface area contributed by atoms with Gasteiger partial charge >= 0.3 is 0 Å². The lowest BCUT2D eigenvalue weighted by Gasteiger charge is -2.61. The standard InChI is InChI=1S/C12H11BrClNO/c13-10-8(2-1-3-9(10)14)11(16)15-12-4-7(5-12)6-12/h1-3,7H,4-6H2,(H,15,16). The van der Waals surface area contributed by atoms with Crippen molar-refractivity contribution in [2.45, 2.75) is 24.8 Å². The Morgan fingerprint density at radius 3 is 2.69 bits per heavy atom. The van der Waals surface area contributed by atoms with Gasteiger partial charge in [0.1, 0.15) is 0 Å². The van der Waals surface area contributed by atoms with Crippen LogP contribution in [0, 0.1) is 5.92 Å². The molecular formula is C12H11BrClNO. The Bertz CT molecular complexity index is 457. The number of hydrogen-bond acceptors (Lipinski definition) is 1. The third kappa shape index (κ3) is 1.49. The average molecular weight is 301 g/mol. The highest BCUT2D eigenvalue weighted by molar-refractivity contribution is 9.10. The highest BCUT2D eigenvalue weighted by Gasteiger charge is 2.57. The number of amides is 1. The molecule has 0 unspecified atom stereocenters. The van der Waals surface area contributed by atoms with E-state index in [1.807, 2.05) is 0 Å². The van der Waals surface area contributed by atoms with Gasteiger partial charge in [-0.15, -0.1) is 0 Å². The van der Waals surface area contributed by atoms with Crippen LogP contribution in [-0.2, 0) is 0 Å². The van der Waals surface area contributed by atoms with Crippen molar-refractivity contribution in [3.63, 3.8) is 0 Å². The lowest BCUT2D eigenvalue weighted by Crippen LogP contribution is -2.68. The molecule has 0 aromatic heterocycles. The number of halogens is 2. The molecule has 1 aromatic carbocycles. The zero-order valence-electron chi connectivity index (χ0n) is 8.59. The fraction of sp³-hybridized carbons (Fsp3) is 0.417. The van der Waals surface area contributed by atoms with Crippen molar-refractivity contribution in [2.75, 3.05) is 0 Å². The van der Waals surface area contributed by atoms with E-state index in [0.29, 0.717) is 15.1 Å². The molecule has 1 amide bonds. The van der Waals surface area contributed by atoms with Crippen LogP contribution in [0.1, 0.15) is 29.6 Å². The van der Waals surface area contributed by atoms with E-state index in [2.05, 4.69) is 21.2 Å². The van der Waals surface area contributed by atoms with Crippen molar-refractivity contribution >= 4 is 33.4 Å². The summed E-state index contributed by atoms with van der Waals surface area (Å²) in [6, 6.07) is 5.35. The maximum absolute atomic E-state index is 12.1. The zero-order valence-corrected chi connectivity index (χ0v) is 10.9. The van der Waals surface area contributed by atoms with Crippen LogP contribution < -0.4 is 5.32 Å². The largest absolute Gasteiger partial charge is 0.347 e. The van der Waals surface area contributed by atoms with Gasteiger partial charge in [-0.1, -0.05) is 17.7 Å². The summed E-state index contributed by atoms with van der Waals surface area (Å²) in [4.78, 5) is 12.1. The fourth-order valence-corrected chi connectivity index (χ4v) is 3.24. The number of nitrogens with one attached hydrogen (secondary N) is 1. The molecule has 3 fully saturated rings. The maximum Gasteiger partial charge on any atom is 0.252 e. The predicted molar refractivity (Wildman–Crippen MR) is 66.7 cm³/mol. The quantitative estimate of drug-likeness (QED) is 0.891. The van der Waals surface area contributed by atoms with Gasteiger partial charge in [-0.3, -0.25) is 4.79 Å². The number of carbonyl (C=O) groups excluding carboxylic acids is 1. The second-order valence-corrected chi connectivity index (χ2v) is 6.01. The summed E-state index contributed by atoms with van der Waals surface area (Å²) in [6.07, 6.45) is 3.45. The SMILES string of the molecule is O=C(NC12CC(C1)C2)c1cccc(Cl)c1Br. The van der Waals surface area contributed by atoms with Crippen LogP contribution in [0.25, 0.3) is 0 Å². The minimum absolute atomic E-state index is 0.0208. The summed E-state index contributed by atoms with van der Waals surface area (Å²) in [5.41, 5.74) is 0.737. The van der Waals surface area contributed by atoms with Gasteiger partial charge in [0.15, 0.2) is 0 Å². The molecule has 3 saturated carbocycles. The Morgan fingerprint density at radius 1 is 1.44 bits per heavy atom. The molecule has 0 heterocycles. The van der Waals surface area contributed by atoms with Crippen LogP contribution in [0.2, 0.25) is 5.02 Å². The van der Waals surface area contributed by atoms with Crippen LogP contribution in [0.5, 0.6) is 0 Å².